The normalized spacial score (nSPS) is 10.4. The molecule has 0 aliphatic rings. The summed E-state index contributed by atoms with van der Waals surface area (Å²) in [6, 6.07) is 19.4. The zero-order valence-electron chi connectivity index (χ0n) is 13.6. The van der Waals surface area contributed by atoms with Gasteiger partial charge in [0, 0.05) is 0 Å². The van der Waals surface area contributed by atoms with Gasteiger partial charge in [0.1, 0.15) is 6.61 Å². The fourth-order valence-electron chi connectivity index (χ4n) is 2.52. The second kappa shape index (κ2) is 7.04. The van der Waals surface area contributed by atoms with Crippen molar-refractivity contribution in [3.63, 3.8) is 0 Å². The van der Waals surface area contributed by atoms with E-state index in [1.165, 1.54) is 17.9 Å². The smallest absolute Gasteiger partial charge is 0.337 e. The minimum atomic E-state index is -0.408. The molecule has 0 radical (unpaired) electrons. The fraction of sp³-hybridized carbons (Fsp3) is 0.150. The molecule has 4 heteroatoms. The zero-order valence-corrected chi connectivity index (χ0v) is 13.6. The van der Waals surface area contributed by atoms with E-state index in [-0.39, 0.29) is 0 Å². The van der Waals surface area contributed by atoms with Gasteiger partial charge in [-0.25, -0.2) is 4.79 Å². The van der Waals surface area contributed by atoms with E-state index < -0.39 is 5.97 Å². The van der Waals surface area contributed by atoms with Crippen LogP contribution < -0.4 is 9.47 Å². The van der Waals surface area contributed by atoms with Gasteiger partial charge in [0.2, 0.25) is 0 Å². The molecule has 3 aromatic rings. The van der Waals surface area contributed by atoms with E-state index in [2.05, 4.69) is 24.3 Å². The molecule has 0 N–H and O–H groups in total. The number of ether oxygens (including phenoxy) is 3. The number of rotatable bonds is 5. The van der Waals surface area contributed by atoms with Crippen molar-refractivity contribution >= 4 is 16.7 Å². The lowest BCUT2D eigenvalue weighted by atomic mass is 10.1. The number of carbonyl (C=O) groups excluding carboxylic acids is 1. The number of fused-ring (bicyclic) bond motifs is 1. The highest BCUT2D eigenvalue weighted by Crippen LogP contribution is 2.29. The summed E-state index contributed by atoms with van der Waals surface area (Å²) < 4.78 is 15.9. The number of hydrogen-bond acceptors (Lipinski definition) is 4. The molecule has 0 spiro atoms. The Bertz CT molecular complexity index is 870. The maximum absolute atomic E-state index is 11.6. The van der Waals surface area contributed by atoms with Crippen LogP contribution in [0.25, 0.3) is 10.8 Å². The topological polar surface area (TPSA) is 44.8 Å². The molecule has 0 bridgehead atoms. The van der Waals surface area contributed by atoms with E-state index >= 15 is 0 Å². The zero-order chi connectivity index (χ0) is 16.9. The predicted molar refractivity (Wildman–Crippen MR) is 92.6 cm³/mol. The van der Waals surface area contributed by atoms with Gasteiger partial charge in [-0.3, -0.25) is 0 Å². The Balaban J connectivity index is 1.78. The van der Waals surface area contributed by atoms with Crippen molar-refractivity contribution in [2.75, 3.05) is 14.2 Å². The van der Waals surface area contributed by atoms with Crippen molar-refractivity contribution in [2.45, 2.75) is 6.61 Å². The Labute approximate surface area is 140 Å². The van der Waals surface area contributed by atoms with Crippen LogP contribution in [0.15, 0.2) is 60.7 Å². The van der Waals surface area contributed by atoms with E-state index in [1.807, 2.05) is 18.2 Å². The molecule has 4 nitrogen and oxygen atoms in total. The third-order valence-electron chi connectivity index (χ3n) is 3.79. The summed E-state index contributed by atoms with van der Waals surface area (Å²) in [6.07, 6.45) is 0. The first-order valence-corrected chi connectivity index (χ1v) is 7.58. The first-order chi connectivity index (χ1) is 11.7. The van der Waals surface area contributed by atoms with Crippen LogP contribution in [0.2, 0.25) is 0 Å². The van der Waals surface area contributed by atoms with Crippen LogP contribution in [0.3, 0.4) is 0 Å². The summed E-state index contributed by atoms with van der Waals surface area (Å²) in [5.74, 6) is 0.673. The molecule has 3 aromatic carbocycles. The summed E-state index contributed by atoms with van der Waals surface area (Å²) in [5, 5.41) is 2.37. The molecule has 0 aromatic heterocycles. The van der Waals surface area contributed by atoms with E-state index in [0.717, 1.165) is 5.56 Å². The minimum absolute atomic E-state index is 0.408. The molecule has 0 unspecified atom stereocenters. The van der Waals surface area contributed by atoms with Crippen LogP contribution in [0.1, 0.15) is 15.9 Å². The van der Waals surface area contributed by atoms with Crippen LogP contribution in [-0.2, 0) is 11.3 Å². The van der Waals surface area contributed by atoms with Crippen molar-refractivity contribution in [3.8, 4) is 11.5 Å². The largest absolute Gasteiger partial charge is 0.493 e. The second-order valence-corrected chi connectivity index (χ2v) is 5.33. The van der Waals surface area contributed by atoms with Crippen LogP contribution in [0.4, 0.5) is 0 Å². The van der Waals surface area contributed by atoms with Gasteiger partial charge < -0.3 is 14.2 Å². The first kappa shape index (κ1) is 15.9. The van der Waals surface area contributed by atoms with Gasteiger partial charge in [-0.1, -0.05) is 36.4 Å². The third kappa shape index (κ3) is 3.33. The molecule has 0 aliphatic heterocycles. The molecule has 24 heavy (non-hydrogen) atoms. The van der Waals surface area contributed by atoms with Gasteiger partial charge in [-0.05, 0) is 40.6 Å². The number of methoxy groups -OCH3 is 2. The summed E-state index contributed by atoms with van der Waals surface area (Å²) in [5.41, 5.74) is 1.49. The highest BCUT2D eigenvalue weighted by atomic mass is 16.5. The van der Waals surface area contributed by atoms with E-state index in [9.17, 15) is 4.79 Å². The number of benzene rings is 3. The Morgan fingerprint density at radius 3 is 2.42 bits per heavy atom. The Morgan fingerprint density at radius 1 is 0.875 bits per heavy atom. The van der Waals surface area contributed by atoms with E-state index in [1.54, 1.807) is 25.3 Å². The maximum Gasteiger partial charge on any atom is 0.337 e. The van der Waals surface area contributed by atoms with Crippen molar-refractivity contribution in [1.82, 2.24) is 0 Å². The standard InChI is InChI=1S/C20H18O4/c1-22-19-12-17(20(21)23-2)9-10-18(19)24-13-14-7-8-15-5-3-4-6-16(15)11-14/h3-12H,13H2,1-2H3. The van der Waals surface area contributed by atoms with Gasteiger partial charge >= 0.3 is 5.97 Å². The van der Waals surface area contributed by atoms with Gasteiger partial charge in [0.25, 0.3) is 0 Å². The third-order valence-corrected chi connectivity index (χ3v) is 3.79. The quantitative estimate of drug-likeness (QED) is 0.660. The van der Waals surface area contributed by atoms with Crippen LogP contribution in [0.5, 0.6) is 11.5 Å². The van der Waals surface area contributed by atoms with Crippen molar-refractivity contribution in [1.29, 1.82) is 0 Å². The SMILES string of the molecule is COC(=O)c1ccc(OCc2ccc3ccccc3c2)c(OC)c1. The molecule has 0 heterocycles. The van der Waals surface area contributed by atoms with Gasteiger partial charge in [0.15, 0.2) is 11.5 Å². The molecule has 122 valence electrons. The maximum atomic E-state index is 11.6. The number of carbonyl (C=O) groups is 1. The molecular formula is C20H18O4. The Morgan fingerprint density at radius 2 is 1.67 bits per heavy atom. The highest BCUT2D eigenvalue weighted by molar-refractivity contribution is 5.90. The molecule has 0 saturated heterocycles. The Hall–Kier alpha value is -3.01. The number of hydrogen-bond donors (Lipinski definition) is 0. The van der Waals surface area contributed by atoms with Crippen molar-refractivity contribution in [2.24, 2.45) is 0 Å². The summed E-state index contributed by atoms with van der Waals surface area (Å²) in [4.78, 5) is 11.6. The molecule has 0 saturated carbocycles. The Kier molecular flexibility index (Phi) is 4.66. The van der Waals surface area contributed by atoms with Crippen LogP contribution >= 0.6 is 0 Å². The summed E-state index contributed by atoms with van der Waals surface area (Å²) in [6.45, 7) is 0.415. The van der Waals surface area contributed by atoms with Crippen LogP contribution in [0, 0.1) is 0 Å². The molecular weight excluding hydrogens is 304 g/mol. The van der Waals surface area contributed by atoms with E-state index in [4.69, 9.17) is 14.2 Å². The second-order valence-electron chi connectivity index (χ2n) is 5.33. The fourth-order valence-corrected chi connectivity index (χ4v) is 2.52. The minimum Gasteiger partial charge on any atom is -0.493 e. The average molecular weight is 322 g/mol. The molecule has 0 aliphatic carbocycles. The van der Waals surface area contributed by atoms with Gasteiger partial charge in [-0.2, -0.15) is 0 Å². The first-order valence-electron chi connectivity index (χ1n) is 7.58. The number of esters is 1. The van der Waals surface area contributed by atoms with Gasteiger partial charge in [-0.15, -0.1) is 0 Å². The predicted octanol–water partition coefficient (Wildman–Crippen LogP) is 4.21. The molecule has 0 amide bonds. The molecule has 0 atom stereocenters. The molecule has 0 fully saturated rings. The lowest BCUT2D eigenvalue weighted by Gasteiger charge is -2.12. The lowest BCUT2D eigenvalue weighted by Crippen LogP contribution is -2.03. The van der Waals surface area contributed by atoms with Crippen LogP contribution in [-0.4, -0.2) is 20.2 Å². The average Bonchev–Trinajstić information content (AvgIpc) is 2.65. The summed E-state index contributed by atoms with van der Waals surface area (Å²) >= 11 is 0. The summed E-state index contributed by atoms with van der Waals surface area (Å²) in [7, 11) is 2.89. The van der Waals surface area contributed by atoms with Crippen molar-refractivity contribution in [3.05, 3.63) is 71.8 Å². The van der Waals surface area contributed by atoms with Gasteiger partial charge in [0.05, 0.1) is 19.8 Å². The van der Waals surface area contributed by atoms with E-state index in [0.29, 0.717) is 23.7 Å². The molecule has 3 rings (SSSR count). The van der Waals surface area contributed by atoms with Crippen molar-refractivity contribution < 1.29 is 19.0 Å². The monoisotopic (exact) mass is 322 g/mol. The highest BCUT2D eigenvalue weighted by Gasteiger charge is 2.11. The lowest BCUT2D eigenvalue weighted by molar-refractivity contribution is 0.0600.